The first-order valence-corrected chi connectivity index (χ1v) is 10.6. The van der Waals surface area contributed by atoms with Gasteiger partial charge in [0.05, 0.1) is 12.2 Å². The van der Waals surface area contributed by atoms with Gasteiger partial charge in [0.25, 0.3) is 5.92 Å². The van der Waals surface area contributed by atoms with E-state index >= 15 is 0 Å². The van der Waals surface area contributed by atoms with Crippen molar-refractivity contribution in [3.63, 3.8) is 0 Å². The summed E-state index contributed by atoms with van der Waals surface area (Å²) in [6.07, 6.45) is -3.92. The molecule has 2 unspecified atom stereocenters. The van der Waals surface area contributed by atoms with E-state index in [1.807, 2.05) is 0 Å². The monoisotopic (exact) mass is 487 g/mol. The molecular formula is C21H22F5N5O3. The summed E-state index contributed by atoms with van der Waals surface area (Å²) < 4.78 is 68.2. The van der Waals surface area contributed by atoms with E-state index in [9.17, 15) is 36.6 Å². The predicted molar refractivity (Wildman–Crippen MR) is 108 cm³/mol. The summed E-state index contributed by atoms with van der Waals surface area (Å²) in [5, 5.41) is 9.78. The Hall–Kier alpha value is -2.93. The molecule has 2 aliphatic heterocycles. The number of fused-ring (bicyclic) bond motifs is 1. The molecule has 3 aliphatic rings. The lowest BCUT2D eigenvalue weighted by atomic mass is 9.99. The number of allylic oxidation sites excluding steroid dienone is 4. The van der Waals surface area contributed by atoms with Gasteiger partial charge in [-0.3, -0.25) is 9.59 Å². The molecule has 1 aromatic rings. The van der Waals surface area contributed by atoms with Gasteiger partial charge in [0.1, 0.15) is 0 Å². The molecule has 1 aliphatic carbocycles. The normalized spacial score (nSPS) is 22.7. The molecule has 0 saturated carbocycles. The first-order chi connectivity index (χ1) is 15.9. The third-order valence-electron chi connectivity index (χ3n) is 6.03. The van der Waals surface area contributed by atoms with E-state index in [1.54, 1.807) is 18.2 Å². The van der Waals surface area contributed by atoms with Crippen LogP contribution in [0, 0.1) is 0 Å². The summed E-state index contributed by atoms with van der Waals surface area (Å²) in [5.74, 6) is -4.79. The molecule has 1 saturated heterocycles. The van der Waals surface area contributed by atoms with Gasteiger partial charge in [0, 0.05) is 49.5 Å². The largest absolute Gasteiger partial charge is 0.433 e. The molecule has 13 heteroatoms. The Balaban J connectivity index is 1.46. The Morgan fingerprint density at radius 2 is 2.00 bits per heavy atom. The maximum atomic E-state index is 13.7. The molecule has 8 nitrogen and oxygen atoms in total. The van der Waals surface area contributed by atoms with E-state index in [1.165, 1.54) is 4.90 Å². The van der Waals surface area contributed by atoms with Crippen LogP contribution in [0.2, 0.25) is 0 Å². The van der Waals surface area contributed by atoms with Gasteiger partial charge < -0.3 is 20.6 Å². The molecule has 34 heavy (non-hydrogen) atoms. The standard InChI is InChI=1S/C21H22F5N5O3/c22-20(23)6-4-15(32)31(19(20)34)9-12(27)8-16(33)30-7-5-13-14(10-30)28-18(11-2-1-3-11)29-17(13)21(24,25)26/h1-3,12,19,34H,4-10,27H2. The molecule has 0 spiro atoms. The summed E-state index contributed by atoms with van der Waals surface area (Å²) in [6, 6.07) is -1.06. The van der Waals surface area contributed by atoms with Crippen molar-refractivity contribution in [1.29, 1.82) is 0 Å². The van der Waals surface area contributed by atoms with Crippen molar-refractivity contribution in [2.24, 2.45) is 5.73 Å². The number of rotatable bonds is 5. The summed E-state index contributed by atoms with van der Waals surface area (Å²) in [5.41, 5.74) is 5.32. The number of aromatic nitrogens is 2. The number of carbonyl (C=O) groups excluding carboxylic acids is 2. The lowest BCUT2D eigenvalue weighted by molar-refractivity contribution is -0.205. The van der Waals surface area contributed by atoms with Crippen LogP contribution in [-0.4, -0.2) is 68.0 Å². The molecule has 0 aromatic carbocycles. The molecule has 4 rings (SSSR count). The fourth-order valence-electron chi connectivity index (χ4n) is 4.13. The molecule has 2 atom stereocenters. The fourth-order valence-corrected chi connectivity index (χ4v) is 4.13. The summed E-state index contributed by atoms with van der Waals surface area (Å²) in [4.78, 5) is 34.5. The van der Waals surface area contributed by atoms with Gasteiger partial charge in [-0.05, 0) is 6.42 Å². The Bertz CT molecular complexity index is 1070. The van der Waals surface area contributed by atoms with Gasteiger partial charge in [-0.15, -0.1) is 0 Å². The van der Waals surface area contributed by atoms with E-state index in [0.29, 0.717) is 10.5 Å². The molecule has 0 radical (unpaired) electrons. The van der Waals surface area contributed by atoms with E-state index in [0.717, 1.165) is 0 Å². The minimum Gasteiger partial charge on any atom is -0.368 e. The molecule has 3 heterocycles. The number of hydrogen-bond donors (Lipinski definition) is 2. The quantitative estimate of drug-likeness (QED) is 0.611. The smallest absolute Gasteiger partial charge is 0.368 e. The number of nitrogens with zero attached hydrogens (tertiary/aromatic N) is 4. The number of aliphatic hydroxyl groups is 1. The van der Waals surface area contributed by atoms with Crippen molar-refractivity contribution in [3.8, 4) is 0 Å². The second-order valence-corrected chi connectivity index (χ2v) is 8.51. The zero-order valence-corrected chi connectivity index (χ0v) is 17.9. The fraction of sp³-hybridized carbons (Fsp3) is 0.524. The minimum absolute atomic E-state index is 0.0315. The van der Waals surface area contributed by atoms with E-state index in [4.69, 9.17) is 5.73 Å². The number of aliphatic hydroxyl groups excluding tert-OH is 1. The maximum Gasteiger partial charge on any atom is 0.433 e. The van der Waals surface area contributed by atoms with Crippen LogP contribution in [0.5, 0.6) is 0 Å². The van der Waals surface area contributed by atoms with E-state index in [-0.39, 0.29) is 43.0 Å². The molecule has 2 amide bonds. The molecule has 3 N–H and O–H groups in total. The summed E-state index contributed by atoms with van der Waals surface area (Å²) >= 11 is 0. The van der Waals surface area contributed by atoms with Crippen LogP contribution in [0.1, 0.15) is 42.0 Å². The van der Waals surface area contributed by atoms with Gasteiger partial charge >= 0.3 is 6.18 Å². The molecular weight excluding hydrogens is 465 g/mol. The average molecular weight is 487 g/mol. The van der Waals surface area contributed by atoms with Gasteiger partial charge in [-0.25, -0.2) is 18.7 Å². The SMILES string of the molecule is NC(CC(=O)N1CCc2c(nc(C3=CC=C3)nc2C(F)(F)F)C1)CN1C(=O)CCC(F)(F)C1O. The Labute approximate surface area is 190 Å². The van der Waals surface area contributed by atoms with Crippen molar-refractivity contribution in [1.82, 2.24) is 19.8 Å². The van der Waals surface area contributed by atoms with Gasteiger partial charge in [0.2, 0.25) is 11.8 Å². The van der Waals surface area contributed by atoms with Crippen LogP contribution in [0.25, 0.3) is 5.57 Å². The number of hydrogen-bond acceptors (Lipinski definition) is 6. The van der Waals surface area contributed by atoms with Crippen LogP contribution in [0.15, 0.2) is 18.2 Å². The molecule has 1 fully saturated rings. The topological polar surface area (TPSA) is 113 Å². The number of nitrogens with two attached hydrogens (primary N) is 1. The number of likely N-dealkylation sites (tertiary alicyclic amines) is 1. The molecule has 1 aromatic heterocycles. The number of carbonyl (C=O) groups is 2. The highest BCUT2D eigenvalue weighted by Gasteiger charge is 2.48. The van der Waals surface area contributed by atoms with Gasteiger partial charge in [-0.2, -0.15) is 13.2 Å². The maximum absolute atomic E-state index is 13.7. The zero-order chi connectivity index (χ0) is 24.8. The summed E-state index contributed by atoms with van der Waals surface area (Å²) in [7, 11) is 0. The molecule has 0 bridgehead atoms. The zero-order valence-electron chi connectivity index (χ0n) is 17.9. The number of piperidine rings is 1. The van der Waals surface area contributed by atoms with Crippen LogP contribution < -0.4 is 5.73 Å². The number of amides is 2. The van der Waals surface area contributed by atoms with E-state index < -0.39 is 61.3 Å². The summed E-state index contributed by atoms with van der Waals surface area (Å²) in [6.45, 7) is -0.688. The predicted octanol–water partition coefficient (Wildman–Crippen LogP) is 1.63. The van der Waals surface area contributed by atoms with Gasteiger partial charge in [0.15, 0.2) is 17.7 Å². The second-order valence-electron chi connectivity index (χ2n) is 8.51. The van der Waals surface area contributed by atoms with Crippen molar-refractivity contribution >= 4 is 17.4 Å². The highest BCUT2D eigenvalue weighted by Crippen LogP contribution is 2.36. The lowest BCUT2D eigenvalue weighted by Gasteiger charge is -2.38. The van der Waals surface area contributed by atoms with Crippen molar-refractivity contribution in [2.75, 3.05) is 13.1 Å². The van der Waals surface area contributed by atoms with Crippen LogP contribution in [0.4, 0.5) is 22.0 Å². The highest BCUT2D eigenvalue weighted by molar-refractivity contribution is 5.79. The number of alkyl halides is 5. The van der Waals surface area contributed by atoms with Crippen molar-refractivity contribution in [3.05, 3.63) is 41.0 Å². The van der Waals surface area contributed by atoms with Crippen LogP contribution in [0.3, 0.4) is 0 Å². The Kier molecular flexibility index (Phi) is 6.19. The van der Waals surface area contributed by atoms with Gasteiger partial charge in [-0.1, -0.05) is 18.2 Å². The minimum atomic E-state index is -4.69. The first-order valence-electron chi connectivity index (χ1n) is 10.6. The van der Waals surface area contributed by atoms with E-state index in [2.05, 4.69) is 9.97 Å². The third kappa shape index (κ3) is 4.67. The second kappa shape index (κ2) is 8.69. The lowest BCUT2D eigenvalue weighted by Crippen LogP contribution is -2.58. The van der Waals surface area contributed by atoms with Crippen molar-refractivity contribution in [2.45, 2.75) is 56.6 Å². The number of halogens is 5. The Morgan fingerprint density at radius 3 is 2.62 bits per heavy atom. The van der Waals surface area contributed by atoms with Crippen molar-refractivity contribution < 1.29 is 36.6 Å². The highest BCUT2D eigenvalue weighted by atomic mass is 19.4. The third-order valence-corrected chi connectivity index (χ3v) is 6.03. The van der Waals surface area contributed by atoms with Crippen LogP contribution >= 0.6 is 0 Å². The average Bonchev–Trinajstić information content (AvgIpc) is 2.71. The van der Waals surface area contributed by atoms with Crippen LogP contribution in [-0.2, 0) is 28.7 Å². The molecule has 184 valence electrons. The first kappa shape index (κ1) is 24.2. The Morgan fingerprint density at radius 1 is 1.29 bits per heavy atom.